The summed E-state index contributed by atoms with van der Waals surface area (Å²) >= 11 is 0. The molecule has 1 fully saturated rings. The van der Waals surface area contributed by atoms with Gasteiger partial charge in [-0.1, -0.05) is 12.1 Å². The van der Waals surface area contributed by atoms with E-state index in [-0.39, 0.29) is 0 Å². The van der Waals surface area contributed by atoms with Crippen molar-refractivity contribution in [2.45, 2.75) is 19.4 Å². The van der Waals surface area contributed by atoms with E-state index in [1.54, 1.807) is 7.11 Å². The van der Waals surface area contributed by atoms with Crippen molar-refractivity contribution in [1.29, 1.82) is 0 Å². The predicted octanol–water partition coefficient (Wildman–Crippen LogP) is 2.12. The number of ether oxygens (including phenoxy) is 1. The topological polar surface area (TPSA) is 33.5 Å². The predicted molar refractivity (Wildman–Crippen MR) is 96.6 cm³/mol. The molecule has 130 valence electrons. The van der Waals surface area contributed by atoms with E-state index < -0.39 is 0 Å². The Bertz CT molecular complexity index is 618. The van der Waals surface area contributed by atoms with Crippen molar-refractivity contribution in [1.82, 2.24) is 19.6 Å². The average molecular weight is 328 g/mol. The van der Waals surface area contributed by atoms with Gasteiger partial charge >= 0.3 is 0 Å². The molecule has 0 unspecified atom stereocenters. The molecule has 0 aliphatic carbocycles. The van der Waals surface area contributed by atoms with Gasteiger partial charge in [0.25, 0.3) is 0 Å². The summed E-state index contributed by atoms with van der Waals surface area (Å²) in [6, 6.07) is 8.50. The third kappa shape index (κ3) is 4.58. The van der Waals surface area contributed by atoms with Gasteiger partial charge in [-0.2, -0.15) is 5.10 Å². The van der Waals surface area contributed by atoms with Crippen LogP contribution in [0.15, 0.2) is 36.7 Å². The quantitative estimate of drug-likeness (QED) is 0.780. The lowest BCUT2D eigenvalue weighted by Crippen LogP contribution is -2.44. The van der Waals surface area contributed by atoms with Crippen LogP contribution in [0.5, 0.6) is 5.75 Å². The second-order valence-corrected chi connectivity index (χ2v) is 6.60. The van der Waals surface area contributed by atoms with E-state index in [4.69, 9.17) is 4.74 Å². The monoisotopic (exact) mass is 328 g/mol. The summed E-state index contributed by atoms with van der Waals surface area (Å²) in [6.45, 7) is 6.72. The molecule has 1 aliphatic heterocycles. The summed E-state index contributed by atoms with van der Waals surface area (Å²) in [4.78, 5) is 4.98. The van der Waals surface area contributed by atoms with Crippen LogP contribution in [0.2, 0.25) is 0 Å². The molecule has 0 radical (unpaired) electrons. The van der Waals surface area contributed by atoms with Crippen molar-refractivity contribution in [2.75, 3.05) is 46.9 Å². The number of aryl methyl sites for hydroxylation is 1. The van der Waals surface area contributed by atoms with Crippen molar-refractivity contribution in [3.05, 3.63) is 47.8 Å². The number of piperazine rings is 1. The summed E-state index contributed by atoms with van der Waals surface area (Å²) < 4.78 is 7.44. The first-order valence-electron chi connectivity index (χ1n) is 8.79. The van der Waals surface area contributed by atoms with Gasteiger partial charge in [0.2, 0.25) is 0 Å². The first-order chi connectivity index (χ1) is 11.7. The maximum atomic E-state index is 5.50. The lowest BCUT2D eigenvalue weighted by Gasteiger charge is -2.32. The summed E-state index contributed by atoms with van der Waals surface area (Å²) in [6.07, 6.45) is 6.12. The summed E-state index contributed by atoms with van der Waals surface area (Å²) in [5.74, 6) is 0.938. The minimum absolute atomic E-state index is 0.752. The second kappa shape index (κ2) is 8.31. The number of nitrogens with zero attached hydrogens (tertiary/aromatic N) is 4. The largest absolute Gasteiger partial charge is 0.496 e. The number of likely N-dealkylation sites (N-methyl/N-ethyl adjacent to an activating group) is 1. The highest BCUT2D eigenvalue weighted by Gasteiger charge is 2.13. The minimum Gasteiger partial charge on any atom is -0.496 e. The summed E-state index contributed by atoms with van der Waals surface area (Å²) in [5.41, 5.74) is 2.57. The van der Waals surface area contributed by atoms with Gasteiger partial charge in [-0.15, -0.1) is 0 Å². The molecule has 2 heterocycles. The Kier molecular flexibility index (Phi) is 5.88. The smallest absolute Gasteiger partial charge is 0.123 e. The molecule has 1 aliphatic rings. The lowest BCUT2D eigenvalue weighted by atomic mass is 10.0. The van der Waals surface area contributed by atoms with Gasteiger partial charge in [-0.05, 0) is 44.1 Å². The van der Waals surface area contributed by atoms with E-state index in [9.17, 15) is 0 Å². The van der Waals surface area contributed by atoms with Gasteiger partial charge in [-0.25, -0.2) is 0 Å². The SMILES string of the molecule is COc1ccc(CCCN2CCN(C)CC2)cc1Cn1cccn1. The Labute approximate surface area is 144 Å². The number of rotatable bonds is 7. The van der Waals surface area contributed by atoms with Gasteiger partial charge in [0.1, 0.15) is 5.75 Å². The third-order valence-corrected chi connectivity index (χ3v) is 4.77. The van der Waals surface area contributed by atoms with Crippen LogP contribution >= 0.6 is 0 Å². The minimum atomic E-state index is 0.752. The molecule has 0 saturated carbocycles. The summed E-state index contributed by atoms with van der Waals surface area (Å²) in [5, 5.41) is 4.30. The maximum Gasteiger partial charge on any atom is 0.123 e. The van der Waals surface area contributed by atoms with Gasteiger partial charge in [0, 0.05) is 44.1 Å². The fourth-order valence-corrected chi connectivity index (χ4v) is 3.26. The Hall–Kier alpha value is -1.85. The Balaban J connectivity index is 1.55. The van der Waals surface area contributed by atoms with Crippen LogP contribution in [0.3, 0.4) is 0 Å². The zero-order chi connectivity index (χ0) is 16.8. The van der Waals surface area contributed by atoms with Crippen LogP contribution in [-0.4, -0.2) is 66.5 Å². The zero-order valence-electron chi connectivity index (χ0n) is 14.8. The molecule has 0 bridgehead atoms. The van der Waals surface area contributed by atoms with E-state index in [1.807, 2.05) is 23.1 Å². The Morgan fingerprint density at radius 3 is 2.71 bits per heavy atom. The number of methoxy groups -OCH3 is 1. The fraction of sp³-hybridized carbons (Fsp3) is 0.526. The van der Waals surface area contributed by atoms with Crippen molar-refractivity contribution >= 4 is 0 Å². The standard InChI is InChI=1S/C19H28N4O/c1-21-11-13-22(14-12-21)9-3-5-17-6-7-19(24-2)18(15-17)16-23-10-4-8-20-23/h4,6-8,10,15H,3,5,9,11-14,16H2,1-2H3. The Morgan fingerprint density at radius 2 is 2.00 bits per heavy atom. The number of benzene rings is 1. The van der Waals surface area contributed by atoms with Crippen molar-refractivity contribution < 1.29 is 4.74 Å². The first-order valence-corrected chi connectivity index (χ1v) is 8.79. The van der Waals surface area contributed by atoms with Gasteiger partial charge in [0.05, 0.1) is 13.7 Å². The molecular weight excluding hydrogens is 300 g/mol. The highest BCUT2D eigenvalue weighted by molar-refractivity contribution is 5.37. The van der Waals surface area contributed by atoms with E-state index >= 15 is 0 Å². The first kappa shape index (κ1) is 17.0. The maximum absolute atomic E-state index is 5.50. The molecule has 0 spiro atoms. The molecule has 5 nitrogen and oxygen atoms in total. The molecule has 1 saturated heterocycles. The highest BCUT2D eigenvalue weighted by atomic mass is 16.5. The van der Waals surface area contributed by atoms with Gasteiger partial charge in [0.15, 0.2) is 0 Å². The Morgan fingerprint density at radius 1 is 1.17 bits per heavy atom. The molecule has 1 aromatic carbocycles. The zero-order valence-corrected chi connectivity index (χ0v) is 14.8. The molecule has 2 aromatic rings. The molecular formula is C19H28N4O. The average Bonchev–Trinajstić information content (AvgIpc) is 3.10. The van der Waals surface area contributed by atoms with Crippen LogP contribution in [0.25, 0.3) is 0 Å². The number of aromatic nitrogens is 2. The molecule has 5 heteroatoms. The van der Waals surface area contributed by atoms with Crippen LogP contribution in [0, 0.1) is 0 Å². The molecule has 3 rings (SSSR count). The van der Waals surface area contributed by atoms with E-state index in [0.29, 0.717) is 0 Å². The van der Waals surface area contributed by atoms with E-state index in [0.717, 1.165) is 18.7 Å². The van der Waals surface area contributed by atoms with Crippen LogP contribution < -0.4 is 4.74 Å². The molecule has 0 atom stereocenters. The normalized spacial score (nSPS) is 16.4. The summed E-state index contributed by atoms with van der Waals surface area (Å²) in [7, 11) is 3.94. The third-order valence-electron chi connectivity index (χ3n) is 4.77. The van der Waals surface area contributed by atoms with Gasteiger partial charge < -0.3 is 14.5 Å². The van der Waals surface area contributed by atoms with Crippen LogP contribution in [0.4, 0.5) is 0 Å². The molecule has 24 heavy (non-hydrogen) atoms. The lowest BCUT2D eigenvalue weighted by molar-refractivity contribution is 0.153. The number of hydrogen-bond donors (Lipinski definition) is 0. The molecule has 0 N–H and O–H groups in total. The second-order valence-electron chi connectivity index (χ2n) is 6.60. The van der Waals surface area contributed by atoms with E-state index in [2.05, 4.69) is 40.1 Å². The van der Waals surface area contributed by atoms with Gasteiger partial charge in [-0.3, -0.25) is 4.68 Å². The fourth-order valence-electron chi connectivity index (χ4n) is 3.26. The number of hydrogen-bond acceptors (Lipinski definition) is 4. The van der Waals surface area contributed by atoms with Crippen molar-refractivity contribution in [2.24, 2.45) is 0 Å². The molecule has 1 aromatic heterocycles. The molecule has 0 amide bonds. The van der Waals surface area contributed by atoms with Crippen molar-refractivity contribution in [3.63, 3.8) is 0 Å². The van der Waals surface area contributed by atoms with Crippen LogP contribution in [0.1, 0.15) is 17.5 Å². The highest BCUT2D eigenvalue weighted by Crippen LogP contribution is 2.21. The van der Waals surface area contributed by atoms with Crippen molar-refractivity contribution in [3.8, 4) is 5.75 Å². The van der Waals surface area contributed by atoms with E-state index in [1.165, 1.54) is 50.3 Å². The van der Waals surface area contributed by atoms with Crippen LogP contribution in [-0.2, 0) is 13.0 Å².